The molecule has 5 nitrogen and oxygen atoms in total. The van der Waals surface area contributed by atoms with Crippen molar-refractivity contribution in [3.05, 3.63) is 63.3 Å². The molecular formula is C22H21F2N3O2S2. The molecule has 1 amide bonds. The predicted molar refractivity (Wildman–Crippen MR) is 121 cm³/mol. The Balaban J connectivity index is 1.62. The topological polar surface area (TPSA) is 64.0 Å². The number of hydrogen-bond donors (Lipinski definition) is 1. The van der Waals surface area contributed by atoms with Gasteiger partial charge in [-0.3, -0.25) is 14.2 Å². The van der Waals surface area contributed by atoms with Crippen LogP contribution in [0.25, 0.3) is 10.2 Å². The van der Waals surface area contributed by atoms with Crippen molar-refractivity contribution < 1.29 is 13.6 Å². The first-order valence-electron chi connectivity index (χ1n) is 10.0. The van der Waals surface area contributed by atoms with Gasteiger partial charge in [-0.25, -0.2) is 13.8 Å². The molecule has 4 rings (SSSR count). The number of nitrogens with one attached hydrogen (secondary N) is 1. The van der Waals surface area contributed by atoms with Gasteiger partial charge in [0.05, 0.1) is 11.1 Å². The van der Waals surface area contributed by atoms with Crippen molar-refractivity contribution in [2.24, 2.45) is 0 Å². The largest absolute Gasteiger partial charge is 0.320 e. The molecule has 0 saturated heterocycles. The highest BCUT2D eigenvalue weighted by molar-refractivity contribution is 7.99. The Labute approximate surface area is 186 Å². The number of aromatic nitrogens is 2. The number of carbonyl (C=O) groups is 1. The molecule has 0 fully saturated rings. The normalized spacial score (nSPS) is 13.6. The lowest BCUT2D eigenvalue weighted by Gasteiger charge is -2.11. The smallest absolute Gasteiger partial charge is 0.263 e. The Morgan fingerprint density at radius 1 is 1.26 bits per heavy atom. The van der Waals surface area contributed by atoms with Crippen LogP contribution in [0.4, 0.5) is 14.5 Å². The van der Waals surface area contributed by atoms with E-state index in [1.165, 1.54) is 15.5 Å². The minimum Gasteiger partial charge on any atom is -0.320 e. The summed E-state index contributed by atoms with van der Waals surface area (Å²) in [5.74, 6) is -2.42. The number of thioether (sulfide) groups is 1. The molecular weight excluding hydrogens is 440 g/mol. The van der Waals surface area contributed by atoms with Gasteiger partial charge >= 0.3 is 0 Å². The second-order valence-corrected chi connectivity index (χ2v) is 9.30. The molecule has 0 atom stereocenters. The number of benzene rings is 1. The highest BCUT2D eigenvalue weighted by Gasteiger charge is 2.22. The fourth-order valence-corrected chi connectivity index (χ4v) is 5.83. The maximum absolute atomic E-state index is 13.8. The van der Waals surface area contributed by atoms with E-state index >= 15 is 0 Å². The number of thiophene rings is 1. The van der Waals surface area contributed by atoms with Gasteiger partial charge in [0.1, 0.15) is 22.2 Å². The molecule has 1 aromatic carbocycles. The summed E-state index contributed by atoms with van der Waals surface area (Å²) in [5, 5.41) is 3.32. The first-order chi connectivity index (χ1) is 15.0. The fourth-order valence-electron chi connectivity index (χ4n) is 3.72. The first-order valence-corrected chi connectivity index (χ1v) is 11.8. The van der Waals surface area contributed by atoms with Crippen LogP contribution >= 0.6 is 23.1 Å². The van der Waals surface area contributed by atoms with Crippen LogP contribution in [0.2, 0.25) is 0 Å². The maximum atomic E-state index is 13.8. The Morgan fingerprint density at radius 2 is 2.00 bits per heavy atom. The number of fused-ring (bicyclic) bond motifs is 3. The van der Waals surface area contributed by atoms with E-state index in [4.69, 9.17) is 0 Å². The van der Waals surface area contributed by atoms with Crippen LogP contribution in [0.5, 0.6) is 0 Å². The third-order valence-electron chi connectivity index (χ3n) is 5.16. The van der Waals surface area contributed by atoms with Gasteiger partial charge in [-0.1, -0.05) is 30.3 Å². The first kappa shape index (κ1) is 21.7. The van der Waals surface area contributed by atoms with Crippen LogP contribution in [-0.4, -0.2) is 21.2 Å². The van der Waals surface area contributed by atoms with Crippen molar-refractivity contribution in [1.29, 1.82) is 0 Å². The summed E-state index contributed by atoms with van der Waals surface area (Å²) in [5.41, 5.74) is 0.492. The summed E-state index contributed by atoms with van der Waals surface area (Å²) in [6.07, 6.45) is 6.76. The number of halogens is 2. The molecule has 0 spiro atoms. The van der Waals surface area contributed by atoms with E-state index in [-0.39, 0.29) is 17.9 Å². The molecule has 0 saturated carbocycles. The molecule has 1 aliphatic carbocycles. The molecule has 2 aromatic heterocycles. The number of hydrogen-bond acceptors (Lipinski definition) is 5. The van der Waals surface area contributed by atoms with Gasteiger partial charge in [0, 0.05) is 11.4 Å². The van der Waals surface area contributed by atoms with E-state index in [0.29, 0.717) is 15.4 Å². The number of allylic oxidation sites excluding steroid dienone is 1. The monoisotopic (exact) mass is 461 g/mol. The van der Waals surface area contributed by atoms with E-state index in [1.54, 1.807) is 17.4 Å². The van der Waals surface area contributed by atoms with Gasteiger partial charge in [0.2, 0.25) is 5.91 Å². The average molecular weight is 462 g/mol. The van der Waals surface area contributed by atoms with Crippen LogP contribution in [0.15, 0.2) is 40.8 Å². The van der Waals surface area contributed by atoms with E-state index < -0.39 is 23.2 Å². The summed E-state index contributed by atoms with van der Waals surface area (Å²) in [6, 6.07) is 3.37. The van der Waals surface area contributed by atoms with Crippen molar-refractivity contribution in [3.8, 4) is 0 Å². The Bertz CT molecular complexity index is 1200. The van der Waals surface area contributed by atoms with E-state index in [0.717, 1.165) is 61.6 Å². The number of rotatable bonds is 6. The van der Waals surface area contributed by atoms with E-state index in [2.05, 4.69) is 16.9 Å². The molecule has 0 aliphatic heterocycles. The number of aryl methyl sites for hydroxylation is 2. The quantitative estimate of drug-likeness (QED) is 0.245. The third-order valence-corrected chi connectivity index (χ3v) is 7.32. The summed E-state index contributed by atoms with van der Waals surface area (Å²) >= 11 is 2.60. The van der Waals surface area contributed by atoms with Gasteiger partial charge < -0.3 is 5.32 Å². The highest BCUT2D eigenvalue weighted by Crippen LogP contribution is 2.34. The van der Waals surface area contributed by atoms with Gasteiger partial charge in [-0.2, -0.15) is 0 Å². The lowest BCUT2D eigenvalue weighted by atomic mass is 10.1. The Morgan fingerprint density at radius 3 is 2.74 bits per heavy atom. The lowest BCUT2D eigenvalue weighted by molar-refractivity contribution is -0.113. The second kappa shape index (κ2) is 9.32. The lowest BCUT2D eigenvalue weighted by Crippen LogP contribution is -2.24. The summed E-state index contributed by atoms with van der Waals surface area (Å²) in [6.45, 7) is 3.98. The Kier molecular flexibility index (Phi) is 6.52. The molecule has 0 bridgehead atoms. The predicted octanol–water partition coefficient (Wildman–Crippen LogP) is 4.92. The molecule has 0 unspecified atom stereocenters. The number of amides is 1. The maximum Gasteiger partial charge on any atom is 0.263 e. The van der Waals surface area contributed by atoms with E-state index in [9.17, 15) is 18.4 Å². The van der Waals surface area contributed by atoms with Gasteiger partial charge in [-0.05, 0) is 43.4 Å². The second-order valence-electron chi connectivity index (χ2n) is 7.28. The van der Waals surface area contributed by atoms with Crippen LogP contribution in [0.3, 0.4) is 0 Å². The molecule has 1 aliphatic rings. The van der Waals surface area contributed by atoms with Crippen molar-refractivity contribution in [1.82, 2.24) is 9.55 Å². The fraction of sp³-hybridized carbons (Fsp3) is 0.318. The molecule has 2 heterocycles. The summed E-state index contributed by atoms with van der Waals surface area (Å²) in [4.78, 5) is 32.2. The van der Waals surface area contributed by atoms with E-state index in [1.807, 2.05) is 0 Å². The van der Waals surface area contributed by atoms with Gasteiger partial charge in [0.15, 0.2) is 5.16 Å². The molecule has 31 heavy (non-hydrogen) atoms. The average Bonchev–Trinajstić information content (AvgIpc) is 2.93. The zero-order chi connectivity index (χ0) is 22.0. The summed E-state index contributed by atoms with van der Waals surface area (Å²) < 4.78 is 29.1. The standard InChI is InChI=1S/C22H21F2N3O2S2/c1-2-11-27-21(29)18-13-7-4-3-5-10-16(13)31-20(18)26-22(27)30-12-17(28)25-19-14(23)8-6-9-15(19)24/h2,6,8-9H,1,3-5,7,10-12H2,(H,25,28). The SMILES string of the molecule is C=CCn1c(SCC(=O)Nc2c(F)cccc2F)nc2sc3c(c2c1=O)CCCCC3. The van der Waals surface area contributed by atoms with Crippen LogP contribution in [-0.2, 0) is 24.2 Å². The number of anilines is 1. The van der Waals surface area contributed by atoms with Gasteiger partial charge in [0.25, 0.3) is 5.56 Å². The molecule has 1 N–H and O–H groups in total. The van der Waals surface area contributed by atoms with Crippen molar-refractivity contribution in [2.45, 2.75) is 43.8 Å². The molecule has 9 heteroatoms. The highest BCUT2D eigenvalue weighted by atomic mass is 32.2. The molecule has 0 radical (unpaired) electrons. The minimum atomic E-state index is -0.846. The van der Waals surface area contributed by atoms with Crippen molar-refractivity contribution in [3.63, 3.8) is 0 Å². The van der Waals surface area contributed by atoms with Crippen LogP contribution in [0, 0.1) is 11.6 Å². The zero-order valence-electron chi connectivity index (χ0n) is 16.7. The number of nitrogens with zero attached hydrogens (tertiary/aromatic N) is 2. The molecule has 162 valence electrons. The van der Waals surface area contributed by atoms with Crippen molar-refractivity contribution in [2.75, 3.05) is 11.1 Å². The molecule has 3 aromatic rings. The number of carbonyl (C=O) groups excluding carboxylic acids is 1. The van der Waals surface area contributed by atoms with Gasteiger partial charge in [-0.15, -0.1) is 17.9 Å². The van der Waals surface area contributed by atoms with Crippen LogP contribution in [0.1, 0.15) is 29.7 Å². The zero-order valence-corrected chi connectivity index (χ0v) is 18.4. The van der Waals surface area contributed by atoms with Crippen molar-refractivity contribution >= 4 is 44.9 Å². The summed E-state index contributed by atoms with van der Waals surface area (Å²) in [7, 11) is 0. The number of para-hydroxylation sites is 1. The van der Waals surface area contributed by atoms with Crippen LogP contribution < -0.4 is 10.9 Å². The Hall–Kier alpha value is -2.52. The third kappa shape index (κ3) is 4.43. The minimum absolute atomic E-state index is 0.132.